The highest BCUT2D eigenvalue weighted by atomic mass is 35.5. The van der Waals surface area contributed by atoms with E-state index in [9.17, 15) is 9.50 Å². The maximum Gasteiger partial charge on any atom is 0.130 e. The van der Waals surface area contributed by atoms with Gasteiger partial charge in [0.1, 0.15) is 5.82 Å². The molecule has 0 amide bonds. The molecule has 1 aromatic carbocycles. The van der Waals surface area contributed by atoms with Crippen molar-refractivity contribution in [2.24, 2.45) is 5.92 Å². The first-order chi connectivity index (χ1) is 7.68. The van der Waals surface area contributed by atoms with Crippen molar-refractivity contribution in [2.45, 2.75) is 18.9 Å². The number of hydrogen-bond acceptors (Lipinski definition) is 2. The van der Waals surface area contributed by atoms with Gasteiger partial charge in [0.15, 0.2) is 0 Å². The largest absolute Gasteiger partial charge is 0.388 e. The molecule has 2 N–H and O–H groups in total. The summed E-state index contributed by atoms with van der Waals surface area (Å²) >= 11 is 5.68. The van der Waals surface area contributed by atoms with E-state index in [1.54, 1.807) is 12.1 Å². The lowest BCUT2D eigenvalue weighted by Gasteiger charge is -2.27. The summed E-state index contributed by atoms with van der Waals surface area (Å²) in [5, 5.41) is 13.7. The highest BCUT2D eigenvalue weighted by Crippen LogP contribution is 2.31. The molecular weight excluding hydrogens is 229 g/mol. The summed E-state index contributed by atoms with van der Waals surface area (Å²) < 4.78 is 13.6. The predicted octanol–water partition coefficient (Wildman–Crippen LogP) is 2.51. The maximum absolute atomic E-state index is 13.6. The zero-order chi connectivity index (χ0) is 11.5. The summed E-state index contributed by atoms with van der Waals surface area (Å²) in [6.45, 7) is 1.77. The lowest BCUT2D eigenvalue weighted by Crippen LogP contribution is -2.31. The summed E-state index contributed by atoms with van der Waals surface area (Å²) in [5.74, 6) is -0.282. The van der Waals surface area contributed by atoms with Crippen LogP contribution in [0.4, 0.5) is 4.39 Å². The Morgan fingerprint density at radius 1 is 1.38 bits per heavy atom. The number of halogens is 2. The van der Waals surface area contributed by atoms with Crippen LogP contribution < -0.4 is 5.32 Å². The summed E-state index contributed by atoms with van der Waals surface area (Å²) in [6, 6.07) is 4.44. The van der Waals surface area contributed by atoms with E-state index in [2.05, 4.69) is 5.32 Å². The number of hydrogen-bond donors (Lipinski definition) is 2. The van der Waals surface area contributed by atoms with Gasteiger partial charge in [-0.15, -0.1) is 0 Å². The minimum Gasteiger partial charge on any atom is -0.388 e. The van der Waals surface area contributed by atoms with Crippen LogP contribution >= 0.6 is 11.6 Å². The second kappa shape index (κ2) is 5.13. The van der Waals surface area contributed by atoms with Gasteiger partial charge < -0.3 is 10.4 Å². The van der Waals surface area contributed by atoms with Crippen LogP contribution in [-0.4, -0.2) is 18.2 Å². The molecule has 1 atom stereocenters. The van der Waals surface area contributed by atoms with Gasteiger partial charge in [0.25, 0.3) is 0 Å². The Bertz CT molecular complexity index is 366. The lowest BCUT2D eigenvalue weighted by molar-refractivity contribution is 0.0856. The first-order valence-electron chi connectivity index (χ1n) is 5.52. The molecule has 88 valence electrons. The Kier molecular flexibility index (Phi) is 3.79. The average Bonchev–Trinajstić information content (AvgIpc) is 2.29. The number of aliphatic hydroxyl groups excluding tert-OH is 1. The minimum absolute atomic E-state index is 0.136. The Morgan fingerprint density at radius 2 is 2.06 bits per heavy atom. The molecule has 1 aliphatic rings. The molecule has 0 bridgehead atoms. The van der Waals surface area contributed by atoms with Gasteiger partial charge in [0, 0.05) is 10.6 Å². The van der Waals surface area contributed by atoms with Crippen LogP contribution in [0.25, 0.3) is 0 Å². The lowest BCUT2D eigenvalue weighted by atomic mass is 9.88. The standard InChI is InChI=1S/C12H15ClFNO/c13-9-1-2-10(11(14)7-9)12(16)8-3-5-15-6-4-8/h1-2,7-8,12,15-16H,3-6H2. The molecule has 0 saturated carbocycles. The maximum atomic E-state index is 13.6. The first-order valence-corrected chi connectivity index (χ1v) is 5.90. The molecule has 1 heterocycles. The van der Waals surface area contributed by atoms with E-state index in [1.165, 1.54) is 6.07 Å². The molecule has 0 aliphatic carbocycles. The summed E-state index contributed by atoms with van der Waals surface area (Å²) in [6.07, 6.45) is 1.03. The molecule has 16 heavy (non-hydrogen) atoms. The Morgan fingerprint density at radius 3 is 2.69 bits per heavy atom. The SMILES string of the molecule is OC(c1ccc(Cl)cc1F)C1CCNCC1. The molecule has 1 aromatic rings. The zero-order valence-corrected chi connectivity index (χ0v) is 9.67. The molecule has 1 fully saturated rings. The predicted molar refractivity (Wildman–Crippen MR) is 62.0 cm³/mol. The van der Waals surface area contributed by atoms with Crippen molar-refractivity contribution in [2.75, 3.05) is 13.1 Å². The van der Waals surface area contributed by atoms with E-state index < -0.39 is 11.9 Å². The van der Waals surface area contributed by atoms with Crippen LogP contribution in [0.5, 0.6) is 0 Å². The fourth-order valence-corrected chi connectivity index (χ4v) is 2.31. The third-order valence-electron chi connectivity index (χ3n) is 3.11. The van der Waals surface area contributed by atoms with E-state index in [-0.39, 0.29) is 5.92 Å². The fourth-order valence-electron chi connectivity index (χ4n) is 2.16. The van der Waals surface area contributed by atoms with E-state index in [1.807, 2.05) is 0 Å². The van der Waals surface area contributed by atoms with Crippen molar-refractivity contribution in [1.82, 2.24) is 5.32 Å². The molecule has 1 unspecified atom stereocenters. The Hall–Kier alpha value is -0.640. The molecule has 2 rings (SSSR count). The van der Waals surface area contributed by atoms with Gasteiger partial charge in [0.05, 0.1) is 6.10 Å². The molecule has 1 aliphatic heterocycles. The minimum atomic E-state index is -0.723. The van der Waals surface area contributed by atoms with Gasteiger partial charge in [-0.3, -0.25) is 0 Å². The average molecular weight is 244 g/mol. The number of nitrogens with one attached hydrogen (secondary N) is 1. The van der Waals surface area contributed by atoms with Crippen molar-refractivity contribution in [1.29, 1.82) is 0 Å². The van der Waals surface area contributed by atoms with Crippen molar-refractivity contribution in [3.8, 4) is 0 Å². The molecule has 1 saturated heterocycles. The summed E-state index contributed by atoms with van der Waals surface area (Å²) in [5.41, 5.74) is 0.358. The van der Waals surface area contributed by atoms with Gasteiger partial charge in [-0.25, -0.2) is 4.39 Å². The van der Waals surface area contributed by atoms with Crippen LogP contribution in [0.2, 0.25) is 5.02 Å². The van der Waals surface area contributed by atoms with Gasteiger partial charge in [-0.2, -0.15) is 0 Å². The highest BCUT2D eigenvalue weighted by molar-refractivity contribution is 6.30. The molecule has 0 spiro atoms. The van der Waals surface area contributed by atoms with Gasteiger partial charge >= 0.3 is 0 Å². The smallest absolute Gasteiger partial charge is 0.130 e. The van der Waals surface area contributed by atoms with Gasteiger partial charge in [-0.1, -0.05) is 17.7 Å². The number of piperidine rings is 1. The normalized spacial score (nSPS) is 19.7. The second-order valence-electron chi connectivity index (χ2n) is 4.20. The summed E-state index contributed by atoms with van der Waals surface area (Å²) in [4.78, 5) is 0. The Labute approximate surface area is 99.4 Å². The molecule has 0 aromatic heterocycles. The van der Waals surface area contributed by atoms with E-state index in [0.717, 1.165) is 25.9 Å². The van der Waals surface area contributed by atoms with Crippen LogP contribution in [0, 0.1) is 11.7 Å². The van der Waals surface area contributed by atoms with Crippen molar-refractivity contribution in [3.63, 3.8) is 0 Å². The van der Waals surface area contributed by atoms with Crippen molar-refractivity contribution >= 4 is 11.6 Å². The second-order valence-corrected chi connectivity index (χ2v) is 4.63. The third kappa shape index (κ3) is 2.54. The summed E-state index contributed by atoms with van der Waals surface area (Å²) in [7, 11) is 0. The fraction of sp³-hybridized carbons (Fsp3) is 0.500. The first kappa shape index (κ1) is 11.8. The van der Waals surface area contributed by atoms with Crippen LogP contribution in [0.1, 0.15) is 24.5 Å². The highest BCUT2D eigenvalue weighted by Gasteiger charge is 2.24. The quantitative estimate of drug-likeness (QED) is 0.837. The number of benzene rings is 1. The number of aliphatic hydroxyl groups is 1. The Balaban J connectivity index is 2.15. The van der Waals surface area contributed by atoms with Gasteiger partial charge in [0.2, 0.25) is 0 Å². The van der Waals surface area contributed by atoms with Gasteiger partial charge in [-0.05, 0) is 44.0 Å². The van der Waals surface area contributed by atoms with Crippen molar-refractivity contribution in [3.05, 3.63) is 34.6 Å². The van der Waals surface area contributed by atoms with E-state index in [4.69, 9.17) is 11.6 Å². The van der Waals surface area contributed by atoms with Crippen molar-refractivity contribution < 1.29 is 9.50 Å². The van der Waals surface area contributed by atoms with Crippen LogP contribution in [0.15, 0.2) is 18.2 Å². The van der Waals surface area contributed by atoms with E-state index in [0.29, 0.717) is 10.6 Å². The molecule has 0 radical (unpaired) electrons. The monoisotopic (exact) mass is 243 g/mol. The molecular formula is C12H15ClFNO. The molecule has 2 nitrogen and oxygen atoms in total. The van der Waals surface area contributed by atoms with Crippen LogP contribution in [0.3, 0.4) is 0 Å². The zero-order valence-electron chi connectivity index (χ0n) is 8.92. The van der Waals surface area contributed by atoms with E-state index >= 15 is 0 Å². The third-order valence-corrected chi connectivity index (χ3v) is 3.35. The topological polar surface area (TPSA) is 32.3 Å². The van der Waals surface area contributed by atoms with Crippen LogP contribution in [-0.2, 0) is 0 Å². The molecule has 4 heteroatoms. The number of rotatable bonds is 2.